The van der Waals surface area contributed by atoms with E-state index < -0.39 is 17.1 Å². The number of aliphatic hydroxyl groups is 2. The Labute approximate surface area is 299 Å². The zero-order chi connectivity index (χ0) is 34.9. The number of benzene rings is 4. The minimum atomic E-state index is -1.01. The third-order valence-corrected chi connectivity index (χ3v) is 12.4. The van der Waals surface area contributed by atoms with Crippen LogP contribution in [0.1, 0.15) is 85.3 Å². The molecule has 0 amide bonds. The maximum atomic E-state index is 14.8. The minimum absolute atomic E-state index is 0.0245. The van der Waals surface area contributed by atoms with E-state index in [4.69, 9.17) is 9.72 Å². The number of nitrogens with one attached hydrogen (secondary N) is 1. The van der Waals surface area contributed by atoms with Crippen LogP contribution in [0, 0.1) is 5.41 Å². The average Bonchev–Trinajstić information content (AvgIpc) is 3.66. The summed E-state index contributed by atoms with van der Waals surface area (Å²) in [5, 5.41) is 24.5. The van der Waals surface area contributed by atoms with Crippen LogP contribution < -0.4 is 4.74 Å². The first-order valence-electron chi connectivity index (χ1n) is 17.7. The second kappa shape index (κ2) is 14.2. The summed E-state index contributed by atoms with van der Waals surface area (Å²) in [7, 11) is 1.65. The molecular weight excluding hydrogens is 641 g/mol. The molecule has 5 aromatic rings. The van der Waals surface area contributed by atoms with E-state index in [2.05, 4.69) is 37.0 Å². The highest BCUT2D eigenvalue weighted by Gasteiger charge is 2.56. The number of aromatic nitrogens is 2. The Morgan fingerprint density at radius 3 is 2.60 bits per heavy atom. The number of rotatable bonds is 7. The molecule has 50 heavy (non-hydrogen) atoms. The van der Waals surface area contributed by atoms with Crippen molar-refractivity contribution in [1.29, 1.82) is 0 Å². The summed E-state index contributed by atoms with van der Waals surface area (Å²) in [5.41, 5.74) is 6.64. The summed E-state index contributed by atoms with van der Waals surface area (Å²) in [6.07, 6.45) is 6.70. The number of fused-ring (bicyclic) bond motifs is 9. The Kier molecular flexibility index (Phi) is 9.75. The first-order chi connectivity index (χ1) is 24.2. The van der Waals surface area contributed by atoms with Gasteiger partial charge in [0.25, 0.3) is 0 Å². The van der Waals surface area contributed by atoms with Crippen molar-refractivity contribution in [3.8, 4) is 16.9 Å². The maximum Gasteiger partial charge on any atom is 0.193 e. The van der Waals surface area contributed by atoms with Gasteiger partial charge in [-0.1, -0.05) is 97.1 Å². The van der Waals surface area contributed by atoms with Crippen LogP contribution in [-0.4, -0.2) is 50.5 Å². The molecule has 1 aromatic heterocycles. The molecule has 1 heterocycles. The Hall–Kier alpha value is -4.17. The van der Waals surface area contributed by atoms with E-state index in [-0.39, 0.29) is 11.7 Å². The van der Waals surface area contributed by atoms with Gasteiger partial charge in [0, 0.05) is 28.4 Å². The van der Waals surface area contributed by atoms with Gasteiger partial charge in [0.1, 0.15) is 5.75 Å². The van der Waals surface area contributed by atoms with Crippen LogP contribution in [-0.2, 0) is 6.42 Å². The van der Waals surface area contributed by atoms with Crippen molar-refractivity contribution >= 4 is 28.6 Å². The van der Waals surface area contributed by atoms with Gasteiger partial charge in [-0.2, -0.15) is 0 Å². The van der Waals surface area contributed by atoms with E-state index >= 15 is 0 Å². The summed E-state index contributed by atoms with van der Waals surface area (Å²) >= 11 is 1.55. The molecule has 4 unspecified atom stereocenters. The number of ketones is 1. The summed E-state index contributed by atoms with van der Waals surface area (Å²) in [6, 6.07) is 29.9. The molecule has 3 N–H and O–H groups in total. The summed E-state index contributed by atoms with van der Waals surface area (Å²) in [6.45, 7) is 4.37. The molecule has 0 saturated heterocycles. The van der Waals surface area contributed by atoms with Crippen molar-refractivity contribution in [3.05, 3.63) is 125 Å². The van der Waals surface area contributed by atoms with Gasteiger partial charge in [0.15, 0.2) is 10.9 Å². The number of carbonyl (C=O) groups is 1. The zero-order valence-corrected chi connectivity index (χ0v) is 29.9. The molecule has 1 fully saturated rings. The second-order valence-electron chi connectivity index (χ2n) is 14.4. The quantitative estimate of drug-likeness (QED) is 0.0898. The molecule has 0 radical (unpaired) electrons. The third-order valence-electron chi connectivity index (χ3n) is 11.3. The predicted octanol–water partition coefficient (Wildman–Crippen LogP) is 9.30. The lowest BCUT2D eigenvalue weighted by atomic mass is 9.65. The van der Waals surface area contributed by atoms with Gasteiger partial charge in [-0.15, -0.1) is 0 Å². The van der Waals surface area contributed by atoms with Gasteiger partial charge in [0.2, 0.25) is 0 Å². The summed E-state index contributed by atoms with van der Waals surface area (Å²) in [4.78, 5) is 23.1. The Morgan fingerprint density at radius 1 is 0.980 bits per heavy atom. The normalized spacial score (nSPS) is 24.1. The van der Waals surface area contributed by atoms with Gasteiger partial charge in [0.05, 0.1) is 29.8 Å². The number of thioether (sulfide) groups is 1. The highest BCUT2D eigenvalue weighted by Crippen LogP contribution is 2.59. The van der Waals surface area contributed by atoms with Crippen molar-refractivity contribution in [1.82, 2.24) is 9.97 Å². The molecule has 7 heteroatoms. The number of hydrogen-bond acceptors (Lipinski definition) is 6. The van der Waals surface area contributed by atoms with Crippen molar-refractivity contribution in [2.24, 2.45) is 5.41 Å². The monoisotopic (exact) mass is 686 g/mol. The molecule has 0 aliphatic heterocycles. The summed E-state index contributed by atoms with van der Waals surface area (Å²) in [5.74, 6) is 1.17. The number of ether oxygens (including phenoxy) is 1. The first-order valence-corrected chi connectivity index (χ1v) is 18.7. The van der Waals surface area contributed by atoms with Crippen LogP contribution in [0.4, 0.5) is 0 Å². The second-order valence-corrected chi connectivity index (χ2v) is 15.4. The molecule has 4 aromatic carbocycles. The van der Waals surface area contributed by atoms with E-state index in [0.29, 0.717) is 36.1 Å². The lowest BCUT2D eigenvalue weighted by Gasteiger charge is -2.44. The van der Waals surface area contributed by atoms with Crippen molar-refractivity contribution in [2.45, 2.75) is 81.6 Å². The number of imidazole rings is 1. The van der Waals surface area contributed by atoms with Gasteiger partial charge in [-0.25, -0.2) is 4.98 Å². The number of aliphatic hydroxyl groups excluding tert-OH is 1. The first kappa shape index (κ1) is 34.3. The number of methoxy groups -OCH3 is 1. The predicted molar refractivity (Wildman–Crippen MR) is 202 cm³/mol. The molecule has 4 atom stereocenters. The highest BCUT2D eigenvalue weighted by atomic mass is 32.2. The number of aromatic amines is 1. The van der Waals surface area contributed by atoms with Gasteiger partial charge in [-0.3, -0.25) is 4.79 Å². The third kappa shape index (κ3) is 6.67. The molecule has 1 saturated carbocycles. The lowest BCUT2D eigenvalue weighted by molar-refractivity contribution is -0.0422. The van der Waals surface area contributed by atoms with Gasteiger partial charge < -0.3 is 19.9 Å². The van der Waals surface area contributed by atoms with E-state index in [1.807, 2.05) is 78.9 Å². The van der Waals surface area contributed by atoms with Gasteiger partial charge in [-0.05, 0) is 98.2 Å². The van der Waals surface area contributed by atoms with E-state index in [1.54, 1.807) is 18.9 Å². The fraction of sp³-hybridized carbons (Fsp3) is 0.349. The number of nitrogens with zero attached hydrogens (tertiary/aromatic N) is 1. The SMILES string of the molecule is COc1ccc2nc(SCC3(O)CCC4c5ccc(cc5C(=O)c5ccccc5-c5ccccc5)CC(O)CCC(C)=CCCC43C)[nH]c2c1. The zero-order valence-electron chi connectivity index (χ0n) is 29.1. The molecule has 0 spiro atoms. The average molecular weight is 687 g/mol. The van der Waals surface area contributed by atoms with E-state index in [0.717, 1.165) is 69.9 Å². The van der Waals surface area contributed by atoms with Crippen LogP contribution >= 0.6 is 11.8 Å². The van der Waals surface area contributed by atoms with Crippen LogP contribution in [0.2, 0.25) is 0 Å². The van der Waals surface area contributed by atoms with E-state index in [1.165, 1.54) is 5.57 Å². The van der Waals surface area contributed by atoms with Gasteiger partial charge >= 0.3 is 0 Å². The Balaban J connectivity index is 1.29. The molecule has 3 aliphatic rings. The molecular formula is C43H46N2O4S. The molecule has 2 bridgehead atoms. The number of H-pyrrole nitrogens is 1. The molecule has 258 valence electrons. The van der Waals surface area contributed by atoms with Crippen LogP contribution in [0.15, 0.2) is 108 Å². The lowest BCUT2D eigenvalue weighted by Crippen LogP contribution is -2.46. The van der Waals surface area contributed by atoms with Crippen LogP contribution in [0.5, 0.6) is 5.75 Å². The molecule has 6 nitrogen and oxygen atoms in total. The highest BCUT2D eigenvalue weighted by molar-refractivity contribution is 7.99. The Morgan fingerprint density at radius 2 is 1.78 bits per heavy atom. The van der Waals surface area contributed by atoms with E-state index in [9.17, 15) is 15.0 Å². The van der Waals surface area contributed by atoms with Crippen LogP contribution in [0.25, 0.3) is 22.2 Å². The number of allylic oxidation sites excluding steroid dienone is 2. The fourth-order valence-corrected chi connectivity index (χ4v) is 9.41. The van der Waals surface area contributed by atoms with Crippen molar-refractivity contribution < 1.29 is 19.7 Å². The molecule has 8 rings (SSSR count). The fourth-order valence-electron chi connectivity index (χ4n) is 8.22. The summed E-state index contributed by atoms with van der Waals surface area (Å²) < 4.78 is 5.40. The largest absolute Gasteiger partial charge is 0.497 e. The van der Waals surface area contributed by atoms with Crippen LogP contribution in [0.3, 0.4) is 0 Å². The maximum absolute atomic E-state index is 14.8. The van der Waals surface area contributed by atoms with Crippen molar-refractivity contribution in [2.75, 3.05) is 12.9 Å². The number of carbonyl (C=O) groups excluding carboxylic acids is 1. The Bertz CT molecular complexity index is 2040. The standard InChI is InChI=1S/C43H46N2O4S/c1-28-10-9-22-42(2)37(21-23-43(42,48)27-50-41-44-38-20-18-32(49-3)26-39(38)45-41)34-19-16-29(24-31(46)17-15-28)25-36(34)40(47)35-14-8-7-13-33(35)30-11-5-4-6-12-30/h4-8,10-14,16,18-20,25-26,31,37,46,48H,9,15,17,21-24,27H2,1-3H3,(H,44,45). The van der Waals surface area contributed by atoms with Crippen molar-refractivity contribution in [3.63, 3.8) is 0 Å². The smallest absolute Gasteiger partial charge is 0.193 e. The molecule has 3 aliphatic carbocycles. The topological polar surface area (TPSA) is 95.4 Å². The minimum Gasteiger partial charge on any atom is -0.497 e. The number of hydrogen-bond donors (Lipinski definition) is 3.